The summed E-state index contributed by atoms with van der Waals surface area (Å²) < 4.78 is 5.18. The SMILES string of the molecule is CCOC(=O)CC(C1CCCC(C)C1)N1CCCC1. The molecular weight excluding hydrogens is 238 g/mol. The van der Waals surface area contributed by atoms with Crippen LogP contribution >= 0.6 is 0 Å². The van der Waals surface area contributed by atoms with Crippen LogP contribution in [0.4, 0.5) is 0 Å². The van der Waals surface area contributed by atoms with E-state index in [-0.39, 0.29) is 5.97 Å². The summed E-state index contributed by atoms with van der Waals surface area (Å²) in [5.74, 6) is 1.52. The molecule has 0 spiro atoms. The van der Waals surface area contributed by atoms with Crippen LogP contribution in [0.5, 0.6) is 0 Å². The second kappa shape index (κ2) is 7.28. The molecule has 1 heterocycles. The fourth-order valence-electron chi connectivity index (χ4n) is 3.89. The minimum atomic E-state index is -0.00220. The van der Waals surface area contributed by atoms with Gasteiger partial charge in [-0.1, -0.05) is 19.8 Å². The van der Waals surface area contributed by atoms with Crippen molar-refractivity contribution >= 4 is 5.97 Å². The van der Waals surface area contributed by atoms with Crippen LogP contribution in [0.2, 0.25) is 0 Å². The Bertz CT molecular complexity index is 286. The first-order chi connectivity index (χ1) is 9.20. The van der Waals surface area contributed by atoms with Crippen LogP contribution in [0.3, 0.4) is 0 Å². The topological polar surface area (TPSA) is 29.5 Å². The Labute approximate surface area is 117 Å². The molecule has 19 heavy (non-hydrogen) atoms. The first-order valence-corrected chi connectivity index (χ1v) is 8.10. The van der Waals surface area contributed by atoms with E-state index in [1.807, 2.05) is 6.92 Å². The molecule has 0 N–H and O–H groups in total. The largest absolute Gasteiger partial charge is 0.466 e. The van der Waals surface area contributed by atoms with E-state index in [2.05, 4.69) is 11.8 Å². The van der Waals surface area contributed by atoms with Crippen molar-refractivity contribution in [1.29, 1.82) is 0 Å². The van der Waals surface area contributed by atoms with Gasteiger partial charge in [-0.15, -0.1) is 0 Å². The predicted octanol–water partition coefficient (Wildman–Crippen LogP) is 3.23. The molecule has 2 fully saturated rings. The highest BCUT2D eigenvalue weighted by atomic mass is 16.5. The smallest absolute Gasteiger partial charge is 0.307 e. The van der Waals surface area contributed by atoms with Crippen molar-refractivity contribution in [2.75, 3.05) is 19.7 Å². The Morgan fingerprint density at radius 2 is 2.00 bits per heavy atom. The average molecular weight is 267 g/mol. The molecule has 3 nitrogen and oxygen atoms in total. The van der Waals surface area contributed by atoms with Crippen LogP contribution in [-0.4, -0.2) is 36.6 Å². The Kier molecular flexibility index (Phi) is 5.68. The average Bonchev–Trinajstić information content (AvgIpc) is 2.90. The maximum atomic E-state index is 11.9. The van der Waals surface area contributed by atoms with Crippen molar-refractivity contribution in [2.45, 2.75) is 64.8 Å². The van der Waals surface area contributed by atoms with E-state index in [0.717, 1.165) is 5.92 Å². The van der Waals surface area contributed by atoms with Gasteiger partial charge in [-0.2, -0.15) is 0 Å². The first kappa shape index (κ1) is 14.8. The summed E-state index contributed by atoms with van der Waals surface area (Å²) in [7, 11) is 0. The highest BCUT2D eigenvalue weighted by molar-refractivity contribution is 5.70. The molecule has 3 atom stereocenters. The highest BCUT2D eigenvalue weighted by Crippen LogP contribution is 2.35. The van der Waals surface area contributed by atoms with Gasteiger partial charge in [0.1, 0.15) is 0 Å². The molecule has 0 amide bonds. The fraction of sp³-hybridized carbons (Fsp3) is 0.938. The number of nitrogens with zero attached hydrogens (tertiary/aromatic N) is 1. The number of carbonyl (C=O) groups is 1. The molecule has 3 heteroatoms. The number of rotatable bonds is 5. The molecule has 0 radical (unpaired) electrons. The maximum absolute atomic E-state index is 11.9. The lowest BCUT2D eigenvalue weighted by Crippen LogP contribution is -2.42. The fourth-order valence-corrected chi connectivity index (χ4v) is 3.89. The van der Waals surface area contributed by atoms with Crippen molar-refractivity contribution in [3.8, 4) is 0 Å². The molecule has 1 saturated carbocycles. The van der Waals surface area contributed by atoms with Gasteiger partial charge in [-0.3, -0.25) is 9.69 Å². The van der Waals surface area contributed by atoms with Gasteiger partial charge in [0.2, 0.25) is 0 Å². The summed E-state index contributed by atoms with van der Waals surface area (Å²) in [5.41, 5.74) is 0. The molecule has 110 valence electrons. The Morgan fingerprint density at radius 3 is 2.63 bits per heavy atom. The van der Waals surface area contributed by atoms with E-state index in [9.17, 15) is 4.79 Å². The summed E-state index contributed by atoms with van der Waals surface area (Å²) >= 11 is 0. The third-order valence-electron chi connectivity index (χ3n) is 4.81. The predicted molar refractivity (Wildman–Crippen MR) is 77.0 cm³/mol. The second-order valence-electron chi connectivity index (χ2n) is 6.35. The van der Waals surface area contributed by atoms with Crippen molar-refractivity contribution in [1.82, 2.24) is 4.90 Å². The number of carbonyl (C=O) groups excluding carboxylic acids is 1. The van der Waals surface area contributed by atoms with Gasteiger partial charge in [0.15, 0.2) is 0 Å². The molecule has 1 aliphatic heterocycles. The standard InChI is InChI=1S/C16H29NO2/c1-3-19-16(18)12-15(17-9-4-5-10-17)14-8-6-7-13(2)11-14/h13-15H,3-12H2,1-2H3. The van der Waals surface area contributed by atoms with Crippen LogP contribution in [0.1, 0.15) is 58.8 Å². The monoisotopic (exact) mass is 267 g/mol. The lowest BCUT2D eigenvalue weighted by atomic mass is 9.77. The van der Waals surface area contributed by atoms with Gasteiger partial charge in [-0.25, -0.2) is 0 Å². The second-order valence-corrected chi connectivity index (χ2v) is 6.35. The molecule has 1 aliphatic carbocycles. The van der Waals surface area contributed by atoms with Crippen molar-refractivity contribution in [2.24, 2.45) is 11.8 Å². The lowest BCUT2D eigenvalue weighted by Gasteiger charge is -2.38. The zero-order chi connectivity index (χ0) is 13.7. The van der Waals surface area contributed by atoms with E-state index in [1.54, 1.807) is 0 Å². The molecule has 2 rings (SSSR count). The van der Waals surface area contributed by atoms with E-state index in [0.29, 0.717) is 25.0 Å². The summed E-state index contributed by atoms with van der Waals surface area (Å²) in [5, 5.41) is 0. The summed E-state index contributed by atoms with van der Waals surface area (Å²) in [6, 6.07) is 0.435. The van der Waals surface area contributed by atoms with Crippen molar-refractivity contribution in [3.63, 3.8) is 0 Å². The highest BCUT2D eigenvalue weighted by Gasteiger charge is 2.33. The van der Waals surface area contributed by atoms with Crippen molar-refractivity contribution in [3.05, 3.63) is 0 Å². The van der Waals surface area contributed by atoms with Gasteiger partial charge in [0.05, 0.1) is 13.0 Å². The van der Waals surface area contributed by atoms with Crippen LogP contribution in [0.15, 0.2) is 0 Å². The van der Waals surface area contributed by atoms with Gasteiger partial charge in [0.25, 0.3) is 0 Å². The van der Waals surface area contributed by atoms with Gasteiger partial charge in [0, 0.05) is 6.04 Å². The Morgan fingerprint density at radius 1 is 1.26 bits per heavy atom. The van der Waals surface area contributed by atoms with Crippen molar-refractivity contribution < 1.29 is 9.53 Å². The van der Waals surface area contributed by atoms with Gasteiger partial charge >= 0.3 is 5.97 Å². The summed E-state index contributed by atoms with van der Waals surface area (Å²) in [4.78, 5) is 14.4. The van der Waals surface area contributed by atoms with E-state index >= 15 is 0 Å². The third kappa shape index (κ3) is 4.20. The normalized spacial score (nSPS) is 30.2. The molecule has 0 bridgehead atoms. The maximum Gasteiger partial charge on any atom is 0.307 e. The Hall–Kier alpha value is -0.570. The molecule has 0 aromatic carbocycles. The van der Waals surface area contributed by atoms with Crippen LogP contribution < -0.4 is 0 Å². The van der Waals surface area contributed by atoms with E-state index in [4.69, 9.17) is 4.74 Å². The number of ether oxygens (including phenoxy) is 1. The lowest BCUT2D eigenvalue weighted by molar-refractivity contribution is -0.145. The first-order valence-electron chi connectivity index (χ1n) is 8.10. The van der Waals surface area contributed by atoms with Gasteiger partial charge < -0.3 is 4.74 Å². The minimum Gasteiger partial charge on any atom is -0.466 e. The quantitative estimate of drug-likeness (QED) is 0.716. The third-order valence-corrected chi connectivity index (χ3v) is 4.81. The number of esters is 1. The summed E-state index contributed by atoms with van der Waals surface area (Å²) in [6.45, 7) is 7.11. The number of hydrogen-bond acceptors (Lipinski definition) is 3. The van der Waals surface area contributed by atoms with Crippen LogP contribution in [0, 0.1) is 11.8 Å². The van der Waals surface area contributed by atoms with E-state index < -0.39 is 0 Å². The molecule has 0 aromatic heterocycles. The van der Waals surface area contributed by atoms with Crippen LogP contribution in [0.25, 0.3) is 0 Å². The molecular formula is C16H29NO2. The summed E-state index contributed by atoms with van der Waals surface area (Å²) in [6.07, 6.45) is 8.47. The molecule has 1 saturated heterocycles. The minimum absolute atomic E-state index is 0.00220. The molecule has 3 unspecified atom stereocenters. The van der Waals surface area contributed by atoms with Gasteiger partial charge in [-0.05, 0) is 57.5 Å². The van der Waals surface area contributed by atoms with Crippen LogP contribution in [-0.2, 0) is 9.53 Å². The Balaban J connectivity index is 1.98. The molecule has 2 aliphatic rings. The van der Waals surface area contributed by atoms with E-state index in [1.165, 1.54) is 51.6 Å². The number of hydrogen-bond donors (Lipinski definition) is 0. The zero-order valence-electron chi connectivity index (χ0n) is 12.6. The zero-order valence-corrected chi connectivity index (χ0v) is 12.6. The number of likely N-dealkylation sites (tertiary alicyclic amines) is 1. The molecule has 0 aromatic rings.